The van der Waals surface area contributed by atoms with Gasteiger partial charge in [-0.1, -0.05) is 18.2 Å². The summed E-state index contributed by atoms with van der Waals surface area (Å²) in [5.41, 5.74) is 1.33. The van der Waals surface area contributed by atoms with Gasteiger partial charge < -0.3 is 0 Å². The maximum Gasteiger partial charge on any atom is 0.0256 e. The molecule has 1 saturated heterocycles. The number of hydrogen-bond acceptors (Lipinski definition) is 2. The molecule has 0 bridgehead atoms. The van der Waals surface area contributed by atoms with E-state index in [2.05, 4.69) is 42.8 Å². The monoisotopic (exact) mass is 224 g/mol. The van der Waals surface area contributed by atoms with Crippen molar-refractivity contribution in [1.82, 2.24) is 0 Å². The van der Waals surface area contributed by atoms with E-state index in [0.29, 0.717) is 5.92 Å². The number of rotatable bonds is 3. The molecule has 2 rings (SSSR count). The van der Waals surface area contributed by atoms with Crippen molar-refractivity contribution >= 4 is 23.1 Å². The maximum absolute atomic E-state index is 4.15. The van der Waals surface area contributed by atoms with Crippen molar-refractivity contribution in [3.05, 3.63) is 34.5 Å². The molecule has 1 aliphatic heterocycles. The second-order valence-electron chi connectivity index (χ2n) is 3.89. The molecule has 76 valence electrons. The second kappa shape index (κ2) is 4.54. The van der Waals surface area contributed by atoms with Gasteiger partial charge in [0.15, 0.2) is 0 Å². The first kappa shape index (κ1) is 10.3. The highest BCUT2D eigenvalue weighted by atomic mass is 32.2. The summed E-state index contributed by atoms with van der Waals surface area (Å²) in [6.45, 7) is 6.32. The summed E-state index contributed by atoms with van der Waals surface area (Å²) < 4.78 is 0. The van der Waals surface area contributed by atoms with Gasteiger partial charge in [0.25, 0.3) is 0 Å². The fourth-order valence-electron chi connectivity index (χ4n) is 2.08. The summed E-state index contributed by atoms with van der Waals surface area (Å²) >= 11 is 3.99. The summed E-state index contributed by atoms with van der Waals surface area (Å²) in [5.74, 6) is 1.93. The van der Waals surface area contributed by atoms with Gasteiger partial charge in [-0.2, -0.15) is 11.8 Å². The molecule has 1 aromatic rings. The summed E-state index contributed by atoms with van der Waals surface area (Å²) in [6, 6.07) is 4.40. The Hall–Kier alpha value is -0.210. The van der Waals surface area contributed by atoms with Crippen LogP contribution in [0.1, 0.15) is 30.6 Å². The van der Waals surface area contributed by atoms with Crippen LogP contribution < -0.4 is 0 Å². The fraction of sp³-hybridized carbons (Fsp3) is 0.500. The molecule has 1 aromatic heterocycles. The zero-order chi connectivity index (χ0) is 9.97. The second-order valence-corrected chi connectivity index (χ2v) is 6.22. The average Bonchev–Trinajstić information content (AvgIpc) is 2.75. The number of thiophene rings is 1. The van der Waals surface area contributed by atoms with Crippen LogP contribution in [0.3, 0.4) is 0 Å². The van der Waals surface area contributed by atoms with Crippen LogP contribution in [0.5, 0.6) is 0 Å². The van der Waals surface area contributed by atoms with E-state index in [-0.39, 0.29) is 0 Å². The first-order valence-electron chi connectivity index (χ1n) is 5.09. The topological polar surface area (TPSA) is 0 Å². The number of hydrogen-bond donors (Lipinski definition) is 0. The van der Waals surface area contributed by atoms with Crippen molar-refractivity contribution in [3.63, 3.8) is 0 Å². The molecule has 0 nitrogen and oxygen atoms in total. The molecule has 0 spiro atoms. The lowest BCUT2D eigenvalue weighted by Gasteiger charge is -2.21. The molecule has 2 heteroatoms. The summed E-state index contributed by atoms with van der Waals surface area (Å²) in [7, 11) is 0. The number of thioether (sulfide) groups is 1. The van der Waals surface area contributed by atoms with Crippen LogP contribution in [0.4, 0.5) is 0 Å². The van der Waals surface area contributed by atoms with Gasteiger partial charge in [-0.15, -0.1) is 11.3 Å². The van der Waals surface area contributed by atoms with Gasteiger partial charge >= 0.3 is 0 Å². The molecule has 0 amide bonds. The van der Waals surface area contributed by atoms with Crippen LogP contribution in [0, 0.1) is 0 Å². The van der Waals surface area contributed by atoms with Crippen LogP contribution >= 0.6 is 23.1 Å². The Kier molecular flexibility index (Phi) is 3.34. The predicted molar refractivity (Wildman–Crippen MR) is 67.4 cm³/mol. The highest BCUT2D eigenvalue weighted by Crippen LogP contribution is 2.42. The zero-order valence-corrected chi connectivity index (χ0v) is 10.2. The maximum atomic E-state index is 4.15. The standard InChI is InChI=1S/C12H16S2/c1-9(2)12(10-5-3-7-13-10)11-6-4-8-14-11/h3,5,7,11-12H,1,4,6,8H2,2H3. The first-order chi connectivity index (χ1) is 6.79. The van der Waals surface area contributed by atoms with E-state index >= 15 is 0 Å². The normalized spacial score (nSPS) is 23.6. The molecule has 0 N–H and O–H groups in total. The molecular weight excluding hydrogens is 208 g/mol. The van der Waals surface area contributed by atoms with Crippen LogP contribution in [-0.2, 0) is 0 Å². The molecule has 2 atom stereocenters. The van der Waals surface area contributed by atoms with Gasteiger partial charge in [0.2, 0.25) is 0 Å². The lowest BCUT2D eigenvalue weighted by atomic mass is 9.94. The average molecular weight is 224 g/mol. The van der Waals surface area contributed by atoms with Crippen molar-refractivity contribution < 1.29 is 0 Å². The van der Waals surface area contributed by atoms with Crippen molar-refractivity contribution in [1.29, 1.82) is 0 Å². The Bertz CT molecular complexity index is 294. The van der Waals surface area contributed by atoms with Gasteiger partial charge in [-0.05, 0) is 37.0 Å². The largest absolute Gasteiger partial charge is 0.158 e. The molecule has 0 aromatic carbocycles. The third-order valence-electron chi connectivity index (χ3n) is 2.72. The fourth-order valence-corrected chi connectivity index (χ4v) is 4.69. The highest BCUT2D eigenvalue weighted by Gasteiger charge is 2.27. The van der Waals surface area contributed by atoms with E-state index in [9.17, 15) is 0 Å². The molecular formula is C12H16S2. The smallest absolute Gasteiger partial charge is 0.0256 e. The van der Waals surface area contributed by atoms with Gasteiger partial charge in [-0.25, -0.2) is 0 Å². The summed E-state index contributed by atoms with van der Waals surface area (Å²) in [4.78, 5) is 1.50. The van der Waals surface area contributed by atoms with E-state index in [0.717, 1.165) is 5.25 Å². The minimum atomic E-state index is 0.600. The molecule has 14 heavy (non-hydrogen) atoms. The Morgan fingerprint density at radius 1 is 1.64 bits per heavy atom. The quantitative estimate of drug-likeness (QED) is 0.690. The van der Waals surface area contributed by atoms with Crippen LogP contribution in [0.25, 0.3) is 0 Å². The lowest BCUT2D eigenvalue weighted by Crippen LogP contribution is -2.12. The van der Waals surface area contributed by atoms with Crippen LogP contribution in [0.15, 0.2) is 29.7 Å². The lowest BCUT2D eigenvalue weighted by molar-refractivity contribution is 0.699. The van der Waals surface area contributed by atoms with Crippen molar-refractivity contribution in [3.8, 4) is 0 Å². The first-order valence-corrected chi connectivity index (χ1v) is 7.02. The summed E-state index contributed by atoms with van der Waals surface area (Å²) in [5, 5.41) is 2.95. The zero-order valence-electron chi connectivity index (χ0n) is 8.53. The summed E-state index contributed by atoms with van der Waals surface area (Å²) in [6.07, 6.45) is 2.74. The van der Waals surface area contributed by atoms with E-state index in [1.807, 2.05) is 11.3 Å². The highest BCUT2D eigenvalue weighted by molar-refractivity contribution is 8.00. The Morgan fingerprint density at radius 3 is 3.00 bits per heavy atom. The van der Waals surface area contributed by atoms with Crippen LogP contribution in [-0.4, -0.2) is 11.0 Å². The van der Waals surface area contributed by atoms with E-state index in [4.69, 9.17) is 0 Å². The Morgan fingerprint density at radius 2 is 2.50 bits per heavy atom. The molecule has 0 aliphatic carbocycles. The van der Waals surface area contributed by atoms with Gasteiger partial charge in [0.05, 0.1) is 0 Å². The van der Waals surface area contributed by atoms with E-state index in [1.165, 1.54) is 29.0 Å². The van der Waals surface area contributed by atoms with Gasteiger partial charge in [-0.3, -0.25) is 0 Å². The van der Waals surface area contributed by atoms with Crippen molar-refractivity contribution in [2.24, 2.45) is 0 Å². The molecule has 0 radical (unpaired) electrons. The van der Waals surface area contributed by atoms with Crippen molar-refractivity contribution in [2.45, 2.75) is 30.9 Å². The predicted octanol–water partition coefficient (Wildman–Crippen LogP) is 4.30. The third-order valence-corrected chi connectivity index (χ3v) is 5.13. The Labute approximate surface area is 94.4 Å². The van der Waals surface area contributed by atoms with Crippen LogP contribution in [0.2, 0.25) is 0 Å². The van der Waals surface area contributed by atoms with E-state index < -0.39 is 0 Å². The number of allylic oxidation sites excluding steroid dienone is 1. The Balaban J connectivity index is 2.19. The van der Waals surface area contributed by atoms with Crippen molar-refractivity contribution in [2.75, 3.05) is 5.75 Å². The van der Waals surface area contributed by atoms with E-state index in [1.54, 1.807) is 0 Å². The molecule has 2 unspecified atom stereocenters. The molecule has 1 fully saturated rings. The minimum absolute atomic E-state index is 0.600. The minimum Gasteiger partial charge on any atom is -0.158 e. The SMILES string of the molecule is C=C(C)C(c1cccs1)C1CCCS1. The molecule has 1 aliphatic rings. The molecule has 0 saturated carbocycles. The molecule has 2 heterocycles. The van der Waals surface area contributed by atoms with Gasteiger partial charge in [0.1, 0.15) is 0 Å². The van der Waals surface area contributed by atoms with Gasteiger partial charge in [0, 0.05) is 16.0 Å². The third kappa shape index (κ3) is 2.06.